The molecule has 0 saturated carbocycles. The monoisotopic (exact) mass is 429 g/mol. The second-order valence-electron chi connectivity index (χ2n) is 7.11. The first-order valence-electron chi connectivity index (χ1n) is 9.96. The van der Waals surface area contributed by atoms with E-state index >= 15 is 0 Å². The van der Waals surface area contributed by atoms with Crippen LogP contribution in [-0.4, -0.2) is 51.4 Å². The standard InChI is InChI=1S/C23H27NO7/c1-27-19-11-17(12-20(28-2)21(19)29-3)15-30-22(25)18-9-10-24(13-18)23(26)31-14-16-7-5-4-6-8-16/h4-8,11-12,18H,9-10,13-15H2,1-3H3. The third kappa shape index (κ3) is 5.59. The molecule has 0 bridgehead atoms. The van der Waals surface area contributed by atoms with Gasteiger partial charge in [-0.1, -0.05) is 30.3 Å². The molecule has 1 aliphatic heterocycles. The summed E-state index contributed by atoms with van der Waals surface area (Å²) in [5, 5.41) is 0. The van der Waals surface area contributed by atoms with Gasteiger partial charge in [0.25, 0.3) is 0 Å². The first kappa shape index (κ1) is 22.3. The molecule has 2 aromatic rings. The topological polar surface area (TPSA) is 83.5 Å². The lowest BCUT2D eigenvalue weighted by Crippen LogP contribution is -2.30. The highest BCUT2D eigenvalue weighted by Crippen LogP contribution is 2.38. The zero-order valence-electron chi connectivity index (χ0n) is 18.0. The van der Waals surface area contributed by atoms with Gasteiger partial charge >= 0.3 is 12.1 Å². The van der Waals surface area contributed by atoms with E-state index in [1.165, 1.54) is 26.2 Å². The Kier molecular flexibility index (Phi) is 7.59. The van der Waals surface area contributed by atoms with Gasteiger partial charge in [-0.15, -0.1) is 0 Å². The largest absolute Gasteiger partial charge is 0.493 e. The van der Waals surface area contributed by atoms with E-state index in [4.69, 9.17) is 23.7 Å². The Balaban J connectivity index is 1.51. The molecule has 8 nitrogen and oxygen atoms in total. The molecule has 0 aliphatic carbocycles. The minimum atomic E-state index is -0.427. The third-order valence-corrected chi connectivity index (χ3v) is 5.09. The van der Waals surface area contributed by atoms with Crippen molar-refractivity contribution >= 4 is 12.1 Å². The van der Waals surface area contributed by atoms with Crippen molar-refractivity contribution in [2.45, 2.75) is 19.6 Å². The first-order valence-corrected chi connectivity index (χ1v) is 9.96. The van der Waals surface area contributed by atoms with Crippen molar-refractivity contribution in [3.63, 3.8) is 0 Å². The smallest absolute Gasteiger partial charge is 0.410 e. The van der Waals surface area contributed by atoms with E-state index in [1.807, 2.05) is 30.3 Å². The van der Waals surface area contributed by atoms with Gasteiger partial charge in [0.1, 0.15) is 13.2 Å². The molecule has 0 aromatic heterocycles. The van der Waals surface area contributed by atoms with E-state index in [-0.39, 0.29) is 31.6 Å². The Hall–Kier alpha value is -3.42. The molecular formula is C23H27NO7. The van der Waals surface area contributed by atoms with Crippen molar-refractivity contribution in [3.8, 4) is 17.2 Å². The minimum absolute atomic E-state index is 0.0600. The lowest BCUT2D eigenvalue weighted by atomic mass is 10.1. The molecule has 1 saturated heterocycles. The van der Waals surface area contributed by atoms with Crippen molar-refractivity contribution in [1.29, 1.82) is 0 Å². The highest BCUT2D eigenvalue weighted by atomic mass is 16.6. The fraction of sp³-hybridized carbons (Fsp3) is 0.391. The van der Waals surface area contributed by atoms with Gasteiger partial charge in [-0.25, -0.2) is 4.79 Å². The van der Waals surface area contributed by atoms with Gasteiger partial charge in [0.2, 0.25) is 5.75 Å². The number of hydrogen-bond acceptors (Lipinski definition) is 7. The SMILES string of the molecule is COc1cc(COC(=O)C2CCN(C(=O)OCc3ccccc3)C2)cc(OC)c1OC. The number of esters is 1. The maximum atomic E-state index is 12.5. The number of ether oxygens (including phenoxy) is 5. The zero-order chi connectivity index (χ0) is 22.2. The highest BCUT2D eigenvalue weighted by Gasteiger charge is 2.33. The number of rotatable bonds is 8. The van der Waals surface area contributed by atoms with Crippen LogP contribution in [0, 0.1) is 5.92 Å². The average molecular weight is 429 g/mol. The summed E-state index contributed by atoms with van der Waals surface area (Å²) < 4.78 is 26.7. The number of hydrogen-bond donors (Lipinski definition) is 0. The molecule has 8 heteroatoms. The van der Waals surface area contributed by atoms with Gasteiger partial charge < -0.3 is 28.6 Å². The number of amides is 1. The molecule has 1 atom stereocenters. The number of methoxy groups -OCH3 is 3. The van der Waals surface area contributed by atoms with Gasteiger partial charge in [-0.2, -0.15) is 0 Å². The van der Waals surface area contributed by atoms with E-state index in [0.717, 1.165) is 5.56 Å². The Labute approximate surface area is 181 Å². The molecule has 0 radical (unpaired) electrons. The van der Waals surface area contributed by atoms with Crippen molar-refractivity contribution < 1.29 is 33.3 Å². The van der Waals surface area contributed by atoms with Gasteiger partial charge in [-0.05, 0) is 29.7 Å². The number of likely N-dealkylation sites (tertiary alicyclic amines) is 1. The molecule has 2 aromatic carbocycles. The van der Waals surface area contributed by atoms with Gasteiger partial charge in [0, 0.05) is 13.1 Å². The normalized spacial score (nSPS) is 15.3. The first-order chi connectivity index (χ1) is 15.0. The summed E-state index contributed by atoms with van der Waals surface area (Å²) in [5.74, 6) is 0.709. The Morgan fingerprint density at radius 2 is 1.55 bits per heavy atom. The molecule has 31 heavy (non-hydrogen) atoms. The second-order valence-corrected chi connectivity index (χ2v) is 7.11. The lowest BCUT2D eigenvalue weighted by Gasteiger charge is -2.17. The van der Waals surface area contributed by atoms with E-state index in [9.17, 15) is 9.59 Å². The van der Waals surface area contributed by atoms with Crippen LogP contribution >= 0.6 is 0 Å². The maximum absolute atomic E-state index is 12.5. The van der Waals surface area contributed by atoms with Crippen LogP contribution in [0.1, 0.15) is 17.5 Å². The number of carbonyl (C=O) groups excluding carboxylic acids is 2. The van der Waals surface area contributed by atoms with Crippen LogP contribution in [0.15, 0.2) is 42.5 Å². The van der Waals surface area contributed by atoms with Crippen LogP contribution in [0.5, 0.6) is 17.2 Å². The van der Waals surface area contributed by atoms with E-state index < -0.39 is 6.09 Å². The Bertz CT molecular complexity index is 875. The predicted molar refractivity (Wildman–Crippen MR) is 112 cm³/mol. The summed E-state index contributed by atoms with van der Waals surface area (Å²) in [4.78, 5) is 26.3. The molecule has 1 unspecified atom stereocenters. The van der Waals surface area contributed by atoms with Crippen molar-refractivity contribution in [1.82, 2.24) is 4.90 Å². The van der Waals surface area contributed by atoms with E-state index in [2.05, 4.69) is 0 Å². The summed E-state index contributed by atoms with van der Waals surface area (Å²) in [7, 11) is 4.57. The minimum Gasteiger partial charge on any atom is -0.493 e. The molecule has 3 rings (SSSR count). The molecule has 0 N–H and O–H groups in total. The molecular weight excluding hydrogens is 402 g/mol. The van der Waals surface area contributed by atoms with Crippen molar-refractivity contribution in [3.05, 3.63) is 53.6 Å². The van der Waals surface area contributed by atoms with Crippen LogP contribution in [0.4, 0.5) is 4.79 Å². The van der Waals surface area contributed by atoms with Gasteiger partial charge in [0.05, 0.1) is 27.2 Å². The van der Waals surface area contributed by atoms with Gasteiger partial charge in [-0.3, -0.25) is 4.79 Å². The predicted octanol–water partition coefficient (Wildman–Crippen LogP) is 3.41. The Morgan fingerprint density at radius 1 is 0.903 bits per heavy atom. The van der Waals surface area contributed by atoms with E-state index in [1.54, 1.807) is 12.1 Å². The van der Waals surface area contributed by atoms with Crippen LogP contribution in [0.2, 0.25) is 0 Å². The average Bonchev–Trinajstić information content (AvgIpc) is 3.31. The lowest BCUT2D eigenvalue weighted by molar-refractivity contribution is -0.149. The van der Waals surface area contributed by atoms with E-state index in [0.29, 0.717) is 35.8 Å². The maximum Gasteiger partial charge on any atom is 0.410 e. The zero-order valence-corrected chi connectivity index (χ0v) is 18.0. The highest BCUT2D eigenvalue weighted by molar-refractivity contribution is 5.75. The van der Waals surface area contributed by atoms with Crippen LogP contribution in [0.25, 0.3) is 0 Å². The van der Waals surface area contributed by atoms with Crippen LogP contribution in [-0.2, 0) is 27.5 Å². The van der Waals surface area contributed by atoms with Gasteiger partial charge in [0.15, 0.2) is 11.5 Å². The quantitative estimate of drug-likeness (QED) is 0.595. The van der Waals surface area contributed by atoms with Crippen molar-refractivity contribution in [2.75, 3.05) is 34.4 Å². The Morgan fingerprint density at radius 3 is 2.16 bits per heavy atom. The summed E-state index contributed by atoms with van der Waals surface area (Å²) >= 11 is 0. The van der Waals surface area contributed by atoms with Crippen LogP contribution < -0.4 is 14.2 Å². The molecule has 1 aliphatic rings. The number of carbonyl (C=O) groups is 2. The number of nitrogens with zero attached hydrogens (tertiary/aromatic N) is 1. The fourth-order valence-electron chi connectivity index (χ4n) is 3.42. The summed E-state index contributed by atoms with van der Waals surface area (Å²) in [6, 6.07) is 12.9. The molecule has 0 spiro atoms. The third-order valence-electron chi connectivity index (χ3n) is 5.09. The van der Waals surface area contributed by atoms with Crippen molar-refractivity contribution in [2.24, 2.45) is 5.92 Å². The molecule has 1 fully saturated rings. The molecule has 166 valence electrons. The summed E-state index contributed by atoms with van der Waals surface area (Å²) in [5.41, 5.74) is 1.62. The summed E-state index contributed by atoms with van der Waals surface area (Å²) in [6.07, 6.45) is 0.109. The molecule has 1 amide bonds. The van der Waals surface area contributed by atoms with Crippen LogP contribution in [0.3, 0.4) is 0 Å². The summed E-state index contributed by atoms with van der Waals surface area (Å²) in [6.45, 7) is 0.996. The molecule has 1 heterocycles. The number of benzene rings is 2. The second kappa shape index (κ2) is 10.6. The fourth-order valence-corrected chi connectivity index (χ4v) is 3.42.